The zero-order valence-electron chi connectivity index (χ0n) is 16.2. The van der Waals surface area contributed by atoms with Crippen molar-refractivity contribution in [2.45, 2.75) is 19.0 Å². The summed E-state index contributed by atoms with van der Waals surface area (Å²) in [5, 5.41) is 2.25. The van der Waals surface area contributed by atoms with Crippen LogP contribution in [0.15, 0.2) is 0 Å². The van der Waals surface area contributed by atoms with Crippen LogP contribution < -0.4 is 5.32 Å². The van der Waals surface area contributed by atoms with Crippen LogP contribution >= 0.6 is 0 Å². The fourth-order valence-corrected chi connectivity index (χ4v) is 1.56. The molecule has 0 aromatic heterocycles. The fraction of sp³-hybridized carbons (Fsp3) is 0.750. The van der Waals surface area contributed by atoms with Gasteiger partial charge in [-0.25, -0.2) is 4.79 Å². The quantitative estimate of drug-likeness (QED) is 0.0887. The highest BCUT2D eigenvalue weighted by molar-refractivity contribution is 5.69. The molecule has 174 valence electrons. The zero-order valence-corrected chi connectivity index (χ0v) is 16.2. The number of ether oxygens (including phenoxy) is 7. The average Bonchev–Trinajstić information content (AvgIpc) is 2.71. The number of alkyl carbamates (subject to hydrolysis) is 1. The topological polar surface area (TPSA) is 145 Å². The number of amides is 1. The molecule has 12 nitrogen and oxygen atoms in total. The van der Waals surface area contributed by atoms with Crippen LogP contribution in [0.3, 0.4) is 0 Å². The van der Waals surface area contributed by atoms with Crippen molar-refractivity contribution in [3.63, 3.8) is 0 Å². The minimum Gasteiger partial charge on any atom is -0.468 e. The summed E-state index contributed by atoms with van der Waals surface area (Å²) in [6, 6.07) is 0. The van der Waals surface area contributed by atoms with Crippen molar-refractivity contribution in [1.29, 1.82) is 0 Å². The largest absolute Gasteiger partial charge is 0.468 e. The van der Waals surface area contributed by atoms with Crippen LogP contribution in [0.25, 0.3) is 0 Å². The smallest absolute Gasteiger partial charge is 0.407 e. The molecule has 0 heterocycles. The third-order valence-corrected chi connectivity index (χ3v) is 2.84. The van der Waals surface area contributed by atoms with Crippen molar-refractivity contribution in [1.82, 2.24) is 5.32 Å². The predicted molar refractivity (Wildman–Crippen MR) is 91.2 cm³/mol. The third-order valence-electron chi connectivity index (χ3n) is 2.84. The molecule has 0 aliphatic carbocycles. The molecule has 0 aromatic rings. The van der Waals surface area contributed by atoms with E-state index in [1.807, 2.05) is 0 Å². The molecular formula is C16H25F2NO11. The van der Waals surface area contributed by atoms with Crippen LogP contribution in [0, 0.1) is 0 Å². The van der Waals surface area contributed by atoms with E-state index in [-0.39, 0.29) is 65.6 Å². The Morgan fingerprint density at radius 1 is 0.867 bits per heavy atom. The number of hydrogen-bond acceptors (Lipinski definition) is 11. The zero-order chi connectivity index (χ0) is 22.5. The Morgan fingerprint density at radius 2 is 1.53 bits per heavy atom. The summed E-state index contributed by atoms with van der Waals surface area (Å²) in [5.41, 5.74) is 0. The molecule has 30 heavy (non-hydrogen) atoms. The summed E-state index contributed by atoms with van der Waals surface area (Å²) < 4.78 is 58.5. The second-order valence-electron chi connectivity index (χ2n) is 5.18. The number of alkyl halides is 2. The molecule has 0 saturated carbocycles. The average molecular weight is 445 g/mol. The standard InChI is InChI=1S/C16H25F2NO11/c17-16(18,10-24-6-9-29-15(23)19-3-5-26-12-21)30-13-27-7-8-28-14(22)2-1-4-25-11-20/h11-12H,1-10,13H2,(H,19,23). The lowest BCUT2D eigenvalue weighted by molar-refractivity contribution is -0.297. The van der Waals surface area contributed by atoms with E-state index in [0.717, 1.165) is 0 Å². The van der Waals surface area contributed by atoms with E-state index in [1.165, 1.54) is 0 Å². The Balaban J connectivity index is 3.56. The predicted octanol–water partition coefficient (Wildman–Crippen LogP) is -0.0179. The van der Waals surface area contributed by atoms with Crippen LogP contribution in [0.5, 0.6) is 0 Å². The molecule has 14 heteroatoms. The fourth-order valence-electron chi connectivity index (χ4n) is 1.56. The highest BCUT2D eigenvalue weighted by atomic mass is 19.3. The molecular weight excluding hydrogens is 420 g/mol. The molecule has 0 aliphatic rings. The maximum Gasteiger partial charge on any atom is 0.407 e. The molecule has 0 unspecified atom stereocenters. The molecule has 0 saturated heterocycles. The summed E-state index contributed by atoms with van der Waals surface area (Å²) >= 11 is 0. The van der Waals surface area contributed by atoms with Gasteiger partial charge in [-0.2, -0.15) is 8.78 Å². The van der Waals surface area contributed by atoms with E-state index in [0.29, 0.717) is 6.42 Å². The SMILES string of the molecule is O=COCCCC(=O)OCCOCOC(F)(F)COCCOC(=O)NCCOC=O. The molecule has 0 radical (unpaired) electrons. The Morgan fingerprint density at radius 3 is 2.27 bits per heavy atom. The Kier molecular flexibility index (Phi) is 16.9. The van der Waals surface area contributed by atoms with Crippen molar-refractivity contribution in [2.75, 3.05) is 59.6 Å². The van der Waals surface area contributed by atoms with Gasteiger partial charge < -0.3 is 33.7 Å². The van der Waals surface area contributed by atoms with Crippen LogP contribution in [0.4, 0.5) is 13.6 Å². The van der Waals surface area contributed by atoms with Crippen molar-refractivity contribution in [3.8, 4) is 0 Å². The lowest BCUT2D eigenvalue weighted by Crippen LogP contribution is -2.31. The first kappa shape index (κ1) is 27.4. The molecule has 0 aromatic carbocycles. The van der Waals surface area contributed by atoms with Gasteiger partial charge in [-0.05, 0) is 6.42 Å². The summed E-state index contributed by atoms with van der Waals surface area (Å²) in [5.74, 6) is -0.544. The van der Waals surface area contributed by atoms with Crippen LogP contribution in [0.2, 0.25) is 0 Å². The van der Waals surface area contributed by atoms with Crippen molar-refractivity contribution < 1.29 is 61.1 Å². The van der Waals surface area contributed by atoms with Gasteiger partial charge in [0.05, 0.1) is 26.4 Å². The van der Waals surface area contributed by atoms with Gasteiger partial charge in [0.15, 0.2) is 6.79 Å². The normalized spacial score (nSPS) is 10.7. The molecule has 0 atom stereocenters. The van der Waals surface area contributed by atoms with Gasteiger partial charge in [-0.15, -0.1) is 0 Å². The molecule has 0 fully saturated rings. The molecule has 1 N–H and O–H groups in total. The van der Waals surface area contributed by atoms with Crippen LogP contribution in [-0.4, -0.2) is 90.7 Å². The highest BCUT2D eigenvalue weighted by Gasteiger charge is 2.30. The van der Waals surface area contributed by atoms with Crippen molar-refractivity contribution >= 4 is 25.0 Å². The number of hydrogen-bond donors (Lipinski definition) is 1. The minimum absolute atomic E-state index is 0.0267. The van der Waals surface area contributed by atoms with Gasteiger partial charge in [-0.3, -0.25) is 19.1 Å². The van der Waals surface area contributed by atoms with Gasteiger partial charge >= 0.3 is 18.2 Å². The summed E-state index contributed by atoms with van der Waals surface area (Å²) in [6.45, 7) is -2.14. The van der Waals surface area contributed by atoms with Crippen molar-refractivity contribution in [2.24, 2.45) is 0 Å². The van der Waals surface area contributed by atoms with Gasteiger partial charge in [0, 0.05) is 6.42 Å². The summed E-state index contributed by atoms with van der Waals surface area (Å²) in [6.07, 6.45) is -4.11. The van der Waals surface area contributed by atoms with E-state index in [4.69, 9.17) is 9.47 Å². The molecule has 0 aliphatic heterocycles. The first-order chi connectivity index (χ1) is 14.4. The van der Waals surface area contributed by atoms with E-state index in [2.05, 4.69) is 29.0 Å². The van der Waals surface area contributed by atoms with Gasteiger partial charge in [0.2, 0.25) is 0 Å². The first-order valence-corrected chi connectivity index (χ1v) is 8.75. The Bertz CT molecular complexity index is 494. The van der Waals surface area contributed by atoms with Crippen LogP contribution in [0.1, 0.15) is 12.8 Å². The number of halogens is 2. The van der Waals surface area contributed by atoms with Gasteiger partial charge in [0.25, 0.3) is 12.9 Å². The lowest BCUT2D eigenvalue weighted by Gasteiger charge is -2.17. The van der Waals surface area contributed by atoms with E-state index >= 15 is 0 Å². The summed E-state index contributed by atoms with van der Waals surface area (Å²) in [7, 11) is 0. The number of esters is 1. The van der Waals surface area contributed by atoms with Gasteiger partial charge in [0.1, 0.15) is 26.4 Å². The third kappa shape index (κ3) is 18.8. The lowest BCUT2D eigenvalue weighted by atomic mass is 10.3. The van der Waals surface area contributed by atoms with E-state index in [9.17, 15) is 28.0 Å². The van der Waals surface area contributed by atoms with Gasteiger partial charge in [-0.1, -0.05) is 0 Å². The van der Waals surface area contributed by atoms with Crippen LogP contribution in [-0.2, 0) is 47.5 Å². The number of carbonyl (C=O) groups excluding carboxylic acids is 4. The Hall–Kier alpha value is -2.58. The van der Waals surface area contributed by atoms with Crippen molar-refractivity contribution in [3.05, 3.63) is 0 Å². The number of nitrogens with one attached hydrogen (secondary N) is 1. The minimum atomic E-state index is -3.64. The number of carbonyl (C=O) groups is 4. The molecule has 1 amide bonds. The summed E-state index contributed by atoms with van der Waals surface area (Å²) in [4.78, 5) is 42.2. The Labute approximate surface area is 171 Å². The maximum absolute atomic E-state index is 13.4. The maximum atomic E-state index is 13.4. The molecule has 0 spiro atoms. The van der Waals surface area contributed by atoms with E-state index < -0.39 is 31.6 Å². The molecule has 0 bridgehead atoms. The second-order valence-corrected chi connectivity index (χ2v) is 5.18. The highest BCUT2D eigenvalue weighted by Crippen LogP contribution is 2.15. The second kappa shape index (κ2) is 18.4. The monoisotopic (exact) mass is 445 g/mol. The first-order valence-electron chi connectivity index (χ1n) is 8.75. The molecule has 0 rings (SSSR count). The number of rotatable bonds is 20. The van der Waals surface area contributed by atoms with E-state index in [1.54, 1.807) is 0 Å².